The fraction of sp³-hybridized carbons (Fsp3) is 0.643. The van der Waals surface area contributed by atoms with E-state index < -0.39 is 0 Å². The van der Waals surface area contributed by atoms with Crippen molar-refractivity contribution >= 4 is 11.8 Å². The molecule has 0 bridgehead atoms. The number of ether oxygens (including phenoxy) is 2. The fourth-order valence-electron chi connectivity index (χ4n) is 2.15. The standard InChI is InChI=1S/C14H21NO2S/c1-16-13-6-8-15-12(14(13)17-2)10-18-9-7-11-4-3-5-11/h6,8,11H,3-5,7,9-10H2,1-2H3. The third-order valence-corrected chi connectivity index (χ3v) is 4.50. The molecular weight excluding hydrogens is 246 g/mol. The van der Waals surface area contributed by atoms with E-state index in [4.69, 9.17) is 9.47 Å². The smallest absolute Gasteiger partial charge is 0.183 e. The van der Waals surface area contributed by atoms with E-state index in [-0.39, 0.29) is 0 Å². The van der Waals surface area contributed by atoms with Crippen LogP contribution in [-0.4, -0.2) is 25.0 Å². The highest BCUT2D eigenvalue weighted by atomic mass is 32.2. The van der Waals surface area contributed by atoms with Gasteiger partial charge >= 0.3 is 0 Å². The van der Waals surface area contributed by atoms with E-state index in [2.05, 4.69) is 4.98 Å². The van der Waals surface area contributed by atoms with Crippen LogP contribution in [0.15, 0.2) is 12.3 Å². The molecule has 0 aromatic carbocycles. The predicted octanol–water partition coefficient (Wildman–Crippen LogP) is 3.52. The lowest BCUT2D eigenvalue weighted by atomic mass is 9.84. The van der Waals surface area contributed by atoms with Crippen LogP contribution in [0.1, 0.15) is 31.4 Å². The third kappa shape index (κ3) is 3.31. The first-order valence-corrected chi connectivity index (χ1v) is 7.64. The Morgan fingerprint density at radius 3 is 2.78 bits per heavy atom. The first kappa shape index (κ1) is 13.5. The summed E-state index contributed by atoms with van der Waals surface area (Å²) >= 11 is 1.93. The normalized spacial score (nSPS) is 15.2. The highest BCUT2D eigenvalue weighted by molar-refractivity contribution is 7.98. The van der Waals surface area contributed by atoms with Crippen molar-refractivity contribution in [1.82, 2.24) is 4.98 Å². The number of hydrogen-bond donors (Lipinski definition) is 0. The zero-order valence-electron chi connectivity index (χ0n) is 11.1. The Morgan fingerprint density at radius 2 is 2.17 bits per heavy atom. The van der Waals surface area contributed by atoms with Gasteiger partial charge < -0.3 is 9.47 Å². The minimum absolute atomic E-state index is 0.766. The molecular formula is C14H21NO2S. The predicted molar refractivity (Wildman–Crippen MR) is 75.5 cm³/mol. The lowest BCUT2D eigenvalue weighted by Gasteiger charge is -2.24. The molecule has 1 fully saturated rings. The van der Waals surface area contributed by atoms with Crippen molar-refractivity contribution in [3.63, 3.8) is 0 Å². The molecule has 0 unspecified atom stereocenters. The molecule has 0 spiro atoms. The van der Waals surface area contributed by atoms with Crippen molar-refractivity contribution < 1.29 is 9.47 Å². The summed E-state index contributed by atoms with van der Waals surface area (Å²) in [6.45, 7) is 0. The Kier molecular flexibility index (Phi) is 5.17. The maximum atomic E-state index is 5.38. The van der Waals surface area contributed by atoms with Crippen LogP contribution in [0.4, 0.5) is 0 Å². The minimum atomic E-state index is 0.766. The van der Waals surface area contributed by atoms with Crippen molar-refractivity contribution in [3.05, 3.63) is 18.0 Å². The van der Waals surface area contributed by atoms with Crippen LogP contribution in [0.25, 0.3) is 0 Å². The Hall–Kier alpha value is -0.900. The molecule has 0 amide bonds. The van der Waals surface area contributed by atoms with Crippen LogP contribution >= 0.6 is 11.8 Å². The number of rotatable bonds is 7. The van der Waals surface area contributed by atoms with Crippen molar-refractivity contribution in [2.45, 2.75) is 31.4 Å². The molecule has 1 aromatic rings. The molecule has 18 heavy (non-hydrogen) atoms. The molecule has 0 radical (unpaired) electrons. The Balaban J connectivity index is 1.83. The number of thioether (sulfide) groups is 1. The summed E-state index contributed by atoms with van der Waals surface area (Å²) in [6.07, 6.45) is 7.42. The van der Waals surface area contributed by atoms with Crippen molar-refractivity contribution in [2.24, 2.45) is 5.92 Å². The molecule has 0 N–H and O–H groups in total. The van der Waals surface area contributed by atoms with Gasteiger partial charge in [-0.05, 0) is 18.1 Å². The van der Waals surface area contributed by atoms with Crippen molar-refractivity contribution in [2.75, 3.05) is 20.0 Å². The zero-order valence-corrected chi connectivity index (χ0v) is 12.0. The van der Waals surface area contributed by atoms with E-state index in [1.54, 1.807) is 20.4 Å². The monoisotopic (exact) mass is 267 g/mol. The van der Waals surface area contributed by atoms with Gasteiger partial charge in [0.2, 0.25) is 0 Å². The van der Waals surface area contributed by atoms with E-state index in [1.165, 1.54) is 31.4 Å². The maximum Gasteiger partial charge on any atom is 0.183 e. The minimum Gasteiger partial charge on any atom is -0.493 e. The van der Waals surface area contributed by atoms with Crippen LogP contribution in [0, 0.1) is 5.92 Å². The first-order valence-electron chi connectivity index (χ1n) is 6.48. The topological polar surface area (TPSA) is 31.4 Å². The molecule has 0 atom stereocenters. The maximum absolute atomic E-state index is 5.38. The Bertz CT molecular complexity index is 380. The average Bonchev–Trinajstić information content (AvgIpc) is 2.35. The molecule has 3 nitrogen and oxygen atoms in total. The lowest BCUT2D eigenvalue weighted by Crippen LogP contribution is -2.11. The largest absolute Gasteiger partial charge is 0.493 e. The molecule has 1 saturated carbocycles. The van der Waals surface area contributed by atoms with E-state index in [0.29, 0.717) is 0 Å². The highest BCUT2D eigenvalue weighted by Gasteiger charge is 2.17. The summed E-state index contributed by atoms with van der Waals surface area (Å²) < 4.78 is 10.7. The third-order valence-electron chi connectivity index (χ3n) is 3.50. The van der Waals surface area contributed by atoms with Gasteiger partial charge in [0.05, 0.1) is 19.9 Å². The molecule has 0 saturated heterocycles. The van der Waals surface area contributed by atoms with Gasteiger partial charge in [-0.15, -0.1) is 0 Å². The van der Waals surface area contributed by atoms with Gasteiger partial charge in [0.25, 0.3) is 0 Å². The van der Waals surface area contributed by atoms with Crippen molar-refractivity contribution in [1.29, 1.82) is 0 Å². The molecule has 1 aromatic heterocycles. The summed E-state index contributed by atoms with van der Waals surface area (Å²) in [5.41, 5.74) is 0.982. The van der Waals surface area contributed by atoms with Crippen LogP contribution in [0.5, 0.6) is 11.5 Å². The molecule has 2 rings (SSSR count). The van der Waals surface area contributed by atoms with E-state index in [1.807, 2.05) is 17.8 Å². The van der Waals surface area contributed by atoms with E-state index in [9.17, 15) is 0 Å². The number of hydrogen-bond acceptors (Lipinski definition) is 4. The van der Waals surface area contributed by atoms with Crippen LogP contribution in [0.3, 0.4) is 0 Å². The van der Waals surface area contributed by atoms with Crippen LogP contribution < -0.4 is 9.47 Å². The molecule has 0 aliphatic heterocycles. The lowest BCUT2D eigenvalue weighted by molar-refractivity contribution is 0.309. The number of nitrogens with zero attached hydrogens (tertiary/aromatic N) is 1. The molecule has 100 valence electrons. The van der Waals surface area contributed by atoms with Gasteiger partial charge in [0.15, 0.2) is 11.5 Å². The van der Waals surface area contributed by atoms with Gasteiger partial charge in [0, 0.05) is 18.0 Å². The van der Waals surface area contributed by atoms with Gasteiger partial charge in [-0.3, -0.25) is 4.98 Å². The van der Waals surface area contributed by atoms with Gasteiger partial charge in [-0.2, -0.15) is 11.8 Å². The summed E-state index contributed by atoms with van der Waals surface area (Å²) in [5, 5.41) is 0. The molecule has 1 aliphatic carbocycles. The molecule has 1 aliphatic rings. The number of aromatic nitrogens is 1. The second-order valence-corrected chi connectivity index (χ2v) is 5.74. The second-order valence-electron chi connectivity index (χ2n) is 4.63. The van der Waals surface area contributed by atoms with Gasteiger partial charge in [-0.25, -0.2) is 0 Å². The Labute approximate surface area is 113 Å². The fourth-order valence-corrected chi connectivity index (χ4v) is 3.20. The summed E-state index contributed by atoms with van der Waals surface area (Å²) in [7, 11) is 3.33. The molecule has 1 heterocycles. The molecule has 4 heteroatoms. The second kappa shape index (κ2) is 6.88. The van der Waals surface area contributed by atoms with Crippen molar-refractivity contribution in [3.8, 4) is 11.5 Å². The zero-order chi connectivity index (χ0) is 12.8. The quantitative estimate of drug-likeness (QED) is 0.707. The van der Waals surface area contributed by atoms with Crippen LogP contribution in [0.2, 0.25) is 0 Å². The van der Waals surface area contributed by atoms with Crippen LogP contribution in [-0.2, 0) is 5.75 Å². The Morgan fingerprint density at radius 1 is 1.33 bits per heavy atom. The summed E-state index contributed by atoms with van der Waals surface area (Å²) in [6, 6.07) is 1.83. The average molecular weight is 267 g/mol. The number of pyridine rings is 1. The van der Waals surface area contributed by atoms with E-state index in [0.717, 1.165) is 28.9 Å². The SMILES string of the molecule is COc1ccnc(CSCCC2CCC2)c1OC. The van der Waals surface area contributed by atoms with Gasteiger partial charge in [0.1, 0.15) is 0 Å². The highest BCUT2D eigenvalue weighted by Crippen LogP contribution is 2.33. The summed E-state index contributed by atoms with van der Waals surface area (Å²) in [5.74, 6) is 4.63. The first-order chi connectivity index (χ1) is 8.85. The summed E-state index contributed by atoms with van der Waals surface area (Å²) in [4.78, 5) is 4.38. The number of methoxy groups -OCH3 is 2. The van der Waals surface area contributed by atoms with Gasteiger partial charge in [-0.1, -0.05) is 19.3 Å². The van der Waals surface area contributed by atoms with E-state index >= 15 is 0 Å².